The van der Waals surface area contributed by atoms with E-state index in [9.17, 15) is 9.59 Å². The molecule has 2 aliphatic heterocycles. The molecule has 0 bridgehead atoms. The Morgan fingerprint density at radius 3 is 3.00 bits per heavy atom. The Morgan fingerprint density at radius 1 is 1.32 bits per heavy atom. The van der Waals surface area contributed by atoms with Crippen LogP contribution in [-0.4, -0.2) is 43.2 Å². The molecule has 1 amide bonds. The molecular weight excluding hydrogens is 338 g/mol. The average Bonchev–Trinajstić information content (AvgIpc) is 3.30. The van der Waals surface area contributed by atoms with Gasteiger partial charge in [-0.05, 0) is 26.2 Å². The number of nitrogens with zero attached hydrogens (tertiary/aromatic N) is 5. The molecule has 2 aromatic heterocycles. The average molecular weight is 361 g/mol. The smallest absolute Gasteiger partial charge is 0.307 e. The first kappa shape index (κ1) is 16.5. The van der Waals surface area contributed by atoms with Crippen LogP contribution in [0.4, 0.5) is 0 Å². The summed E-state index contributed by atoms with van der Waals surface area (Å²) >= 11 is 1.19. The van der Waals surface area contributed by atoms with Gasteiger partial charge in [-0.1, -0.05) is 11.3 Å². The van der Waals surface area contributed by atoms with E-state index in [1.165, 1.54) is 11.3 Å². The lowest BCUT2D eigenvalue weighted by Crippen LogP contribution is -2.40. The van der Waals surface area contributed by atoms with Gasteiger partial charge in [-0.25, -0.2) is 0 Å². The van der Waals surface area contributed by atoms with Crippen LogP contribution in [0.15, 0.2) is 10.2 Å². The van der Waals surface area contributed by atoms with Crippen LogP contribution in [0.1, 0.15) is 48.9 Å². The number of rotatable bonds is 4. The van der Waals surface area contributed by atoms with Gasteiger partial charge in [0.1, 0.15) is 11.6 Å². The minimum absolute atomic E-state index is 0.0147. The summed E-state index contributed by atoms with van der Waals surface area (Å²) in [5.74, 6) is 2.55. The van der Waals surface area contributed by atoms with Crippen LogP contribution in [0.2, 0.25) is 0 Å². The number of amides is 1. The van der Waals surface area contributed by atoms with Crippen LogP contribution in [0.3, 0.4) is 0 Å². The second kappa shape index (κ2) is 6.74. The van der Waals surface area contributed by atoms with Crippen LogP contribution in [0, 0.1) is 6.92 Å². The van der Waals surface area contributed by atoms with Gasteiger partial charge < -0.3 is 14.0 Å². The highest BCUT2D eigenvalue weighted by Gasteiger charge is 2.30. The molecule has 4 heterocycles. The maximum absolute atomic E-state index is 12.6. The lowest BCUT2D eigenvalue weighted by Gasteiger charge is -2.32. The molecule has 0 spiro atoms. The Kier molecular flexibility index (Phi) is 4.45. The third kappa shape index (κ3) is 3.15. The Hall–Kier alpha value is -1.96. The predicted molar refractivity (Wildman–Crippen MR) is 94.8 cm³/mol. The van der Waals surface area contributed by atoms with Gasteiger partial charge in [0.2, 0.25) is 5.91 Å². The van der Waals surface area contributed by atoms with Gasteiger partial charge in [0, 0.05) is 56.0 Å². The van der Waals surface area contributed by atoms with Crippen molar-refractivity contribution in [3.8, 4) is 0 Å². The van der Waals surface area contributed by atoms with Crippen LogP contribution in [0.25, 0.3) is 0 Å². The van der Waals surface area contributed by atoms with Crippen LogP contribution in [-0.2, 0) is 24.3 Å². The van der Waals surface area contributed by atoms with Gasteiger partial charge in [-0.2, -0.15) is 0 Å². The van der Waals surface area contributed by atoms with Crippen molar-refractivity contribution < 1.29 is 4.79 Å². The molecule has 1 saturated heterocycles. The van der Waals surface area contributed by atoms with Crippen molar-refractivity contribution in [3.63, 3.8) is 0 Å². The third-order valence-electron chi connectivity index (χ3n) is 5.30. The van der Waals surface area contributed by atoms with Crippen LogP contribution < -0.4 is 4.87 Å². The second-order valence-corrected chi connectivity index (χ2v) is 7.77. The largest absolute Gasteiger partial charge is 0.342 e. The molecule has 0 N–H and O–H groups in total. The van der Waals surface area contributed by atoms with E-state index in [1.807, 2.05) is 17.2 Å². The van der Waals surface area contributed by atoms with Crippen molar-refractivity contribution in [1.29, 1.82) is 0 Å². The first-order valence-electron chi connectivity index (χ1n) is 8.98. The summed E-state index contributed by atoms with van der Waals surface area (Å²) in [5, 5.41) is 10.5. The normalized spacial score (nSPS) is 20.0. The molecule has 0 aromatic carbocycles. The van der Waals surface area contributed by atoms with Gasteiger partial charge in [0.05, 0.1) is 0 Å². The molecule has 0 aliphatic carbocycles. The van der Waals surface area contributed by atoms with Crippen molar-refractivity contribution in [3.05, 3.63) is 32.4 Å². The van der Waals surface area contributed by atoms with E-state index >= 15 is 0 Å². The first-order valence-corrected chi connectivity index (χ1v) is 9.86. The zero-order valence-electron chi connectivity index (χ0n) is 14.5. The summed E-state index contributed by atoms with van der Waals surface area (Å²) < 4.78 is 3.93. The van der Waals surface area contributed by atoms with E-state index in [1.54, 1.807) is 4.57 Å². The third-order valence-corrected chi connectivity index (χ3v) is 6.18. The standard InChI is InChI=1S/C17H23N5O2S/c1-12-11-25-17(24)21(12)9-6-15(23)20-7-2-4-13(10-20)16-19-18-14-5-3-8-22(14)16/h11,13H,2-10H2,1H3. The molecule has 134 valence electrons. The molecule has 2 aliphatic rings. The SMILES string of the molecule is Cc1csc(=O)n1CCC(=O)N1CCCC(c2nnc3n2CCC3)C1. The fourth-order valence-corrected chi connectivity index (χ4v) is 4.69. The Balaban J connectivity index is 1.40. The molecule has 8 heteroatoms. The van der Waals surface area contributed by atoms with Gasteiger partial charge >= 0.3 is 4.87 Å². The minimum atomic E-state index is 0.0147. The molecular formula is C17H23N5O2S. The quantitative estimate of drug-likeness (QED) is 0.828. The molecule has 4 rings (SSSR count). The highest BCUT2D eigenvalue weighted by Crippen LogP contribution is 2.28. The summed E-state index contributed by atoms with van der Waals surface area (Å²) in [5.41, 5.74) is 0.929. The number of piperidine rings is 1. The van der Waals surface area contributed by atoms with Gasteiger partial charge in [-0.15, -0.1) is 10.2 Å². The fraction of sp³-hybridized carbons (Fsp3) is 0.647. The maximum Gasteiger partial charge on any atom is 0.307 e. The van der Waals surface area contributed by atoms with Crippen LogP contribution >= 0.6 is 11.3 Å². The van der Waals surface area contributed by atoms with Crippen molar-refractivity contribution >= 4 is 17.2 Å². The molecule has 0 radical (unpaired) electrons. The molecule has 7 nitrogen and oxygen atoms in total. The summed E-state index contributed by atoms with van der Waals surface area (Å²) in [6.07, 6.45) is 4.59. The van der Waals surface area contributed by atoms with Crippen molar-refractivity contribution in [1.82, 2.24) is 24.2 Å². The molecule has 25 heavy (non-hydrogen) atoms. The number of hydrogen-bond donors (Lipinski definition) is 0. The lowest BCUT2D eigenvalue weighted by molar-refractivity contribution is -0.132. The summed E-state index contributed by atoms with van der Waals surface area (Å²) in [7, 11) is 0. The predicted octanol–water partition coefficient (Wildman–Crippen LogP) is 1.55. The zero-order chi connectivity index (χ0) is 17.4. The van der Waals surface area contributed by atoms with Gasteiger partial charge in [0.15, 0.2) is 0 Å². The minimum Gasteiger partial charge on any atom is -0.342 e. The number of aryl methyl sites for hydroxylation is 2. The number of thiazole rings is 1. The molecule has 0 saturated carbocycles. The van der Waals surface area contributed by atoms with Crippen molar-refractivity contribution in [2.75, 3.05) is 13.1 Å². The topological polar surface area (TPSA) is 73.0 Å². The number of hydrogen-bond acceptors (Lipinski definition) is 5. The first-order chi connectivity index (χ1) is 12.1. The molecule has 1 atom stereocenters. The Bertz CT molecular complexity index is 836. The van der Waals surface area contributed by atoms with Gasteiger partial charge in [-0.3, -0.25) is 9.59 Å². The van der Waals surface area contributed by atoms with E-state index in [-0.39, 0.29) is 16.7 Å². The lowest BCUT2D eigenvalue weighted by atomic mass is 9.97. The van der Waals surface area contributed by atoms with E-state index in [2.05, 4.69) is 14.8 Å². The second-order valence-electron chi connectivity index (χ2n) is 6.95. The number of carbonyl (C=O) groups is 1. The zero-order valence-corrected chi connectivity index (χ0v) is 15.3. The Morgan fingerprint density at radius 2 is 2.20 bits per heavy atom. The van der Waals surface area contributed by atoms with Crippen LogP contribution in [0.5, 0.6) is 0 Å². The number of aromatic nitrogens is 4. The fourth-order valence-electron chi connectivity index (χ4n) is 3.93. The van der Waals surface area contributed by atoms with E-state index in [0.29, 0.717) is 19.5 Å². The van der Waals surface area contributed by atoms with E-state index < -0.39 is 0 Å². The monoisotopic (exact) mass is 361 g/mol. The molecule has 1 fully saturated rings. The number of likely N-dealkylation sites (tertiary alicyclic amines) is 1. The summed E-state index contributed by atoms with van der Waals surface area (Å²) in [6, 6.07) is 0. The number of fused-ring (bicyclic) bond motifs is 1. The highest BCUT2D eigenvalue weighted by atomic mass is 32.1. The Labute approximate surface area is 150 Å². The van der Waals surface area contributed by atoms with Crippen molar-refractivity contribution in [2.24, 2.45) is 0 Å². The van der Waals surface area contributed by atoms with E-state index in [0.717, 1.165) is 56.1 Å². The molecule has 2 aromatic rings. The maximum atomic E-state index is 12.6. The number of carbonyl (C=O) groups excluding carboxylic acids is 1. The molecule has 1 unspecified atom stereocenters. The van der Waals surface area contributed by atoms with E-state index in [4.69, 9.17) is 0 Å². The summed E-state index contributed by atoms with van der Waals surface area (Å²) in [4.78, 5) is 26.4. The van der Waals surface area contributed by atoms with Crippen molar-refractivity contribution in [2.45, 2.75) is 58.0 Å². The summed E-state index contributed by atoms with van der Waals surface area (Å²) in [6.45, 7) is 4.89. The van der Waals surface area contributed by atoms with Gasteiger partial charge in [0.25, 0.3) is 0 Å². The highest BCUT2D eigenvalue weighted by molar-refractivity contribution is 7.07.